The van der Waals surface area contributed by atoms with Gasteiger partial charge in [-0.15, -0.1) is 0 Å². The van der Waals surface area contributed by atoms with Crippen molar-refractivity contribution < 1.29 is 23.4 Å². The molecule has 0 amide bonds. The lowest BCUT2D eigenvalue weighted by Gasteiger charge is -2.14. The standard InChI is InChI=1S/C8H7F3O2/c9-8(10,11)7(13)5-2-1-3-6(12)4-5/h1-4,7,12-13H/t7-/m0/s1. The Hall–Kier alpha value is -1.23. The Morgan fingerprint density at radius 2 is 1.85 bits per heavy atom. The number of hydrogen-bond acceptors (Lipinski definition) is 2. The molecule has 13 heavy (non-hydrogen) atoms. The fourth-order valence-corrected chi connectivity index (χ4v) is 0.884. The van der Waals surface area contributed by atoms with E-state index in [0.29, 0.717) is 0 Å². The van der Waals surface area contributed by atoms with Crippen LogP contribution in [0.4, 0.5) is 13.2 Å². The van der Waals surface area contributed by atoms with Gasteiger partial charge in [-0.3, -0.25) is 0 Å². The maximum absolute atomic E-state index is 11.9. The third kappa shape index (κ3) is 2.35. The number of rotatable bonds is 1. The number of halogens is 3. The van der Waals surface area contributed by atoms with Crippen molar-refractivity contribution in [1.82, 2.24) is 0 Å². The van der Waals surface area contributed by atoms with Crippen LogP contribution in [0, 0.1) is 0 Å². The molecule has 0 heterocycles. The van der Waals surface area contributed by atoms with Crippen LogP contribution in [0.15, 0.2) is 24.3 Å². The van der Waals surface area contributed by atoms with Crippen LogP contribution < -0.4 is 0 Å². The number of hydrogen-bond donors (Lipinski definition) is 2. The second-order valence-electron chi connectivity index (χ2n) is 2.54. The molecule has 2 nitrogen and oxygen atoms in total. The van der Waals surface area contributed by atoms with Crippen LogP contribution in [0.1, 0.15) is 11.7 Å². The van der Waals surface area contributed by atoms with Gasteiger partial charge in [0.05, 0.1) is 0 Å². The molecule has 0 radical (unpaired) electrons. The third-order valence-electron chi connectivity index (χ3n) is 1.50. The first kappa shape index (κ1) is 9.85. The highest BCUT2D eigenvalue weighted by atomic mass is 19.4. The molecule has 1 rings (SSSR count). The molecule has 0 aliphatic heterocycles. The zero-order chi connectivity index (χ0) is 10.1. The lowest BCUT2D eigenvalue weighted by molar-refractivity contribution is -0.206. The van der Waals surface area contributed by atoms with E-state index in [1.165, 1.54) is 12.1 Å². The van der Waals surface area contributed by atoms with Crippen molar-refractivity contribution in [3.63, 3.8) is 0 Å². The van der Waals surface area contributed by atoms with Gasteiger partial charge in [-0.2, -0.15) is 13.2 Å². The normalized spacial score (nSPS) is 14.2. The topological polar surface area (TPSA) is 40.5 Å². The first-order valence-corrected chi connectivity index (χ1v) is 3.45. The molecule has 1 aromatic carbocycles. The minimum absolute atomic E-state index is 0.305. The zero-order valence-electron chi connectivity index (χ0n) is 6.42. The van der Waals surface area contributed by atoms with E-state index in [1.807, 2.05) is 0 Å². The van der Waals surface area contributed by atoms with Gasteiger partial charge in [-0.1, -0.05) is 12.1 Å². The second kappa shape index (κ2) is 3.26. The van der Waals surface area contributed by atoms with Crippen LogP contribution in [-0.2, 0) is 0 Å². The number of alkyl halides is 3. The Labute approximate surface area is 72.2 Å². The molecule has 2 N–H and O–H groups in total. The lowest BCUT2D eigenvalue weighted by Crippen LogP contribution is -2.19. The van der Waals surface area contributed by atoms with Crippen molar-refractivity contribution in [3.8, 4) is 5.75 Å². The molecule has 0 unspecified atom stereocenters. The highest BCUT2D eigenvalue weighted by Gasteiger charge is 2.39. The molecule has 0 aliphatic carbocycles. The minimum atomic E-state index is -4.70. The predicted molar refractivity (Wildman–Crippen MR) is 39.1 cm³/mol. The van der Waals surface area contributed by atoms with Crippen LogP contribution in [0.5, 0.6) is 5.75 Å². The number of phenols is 1. The van der Waals surface area contributed by atoms with Crippen molar-refractivity contribution in [2.75, 3.05) is 0 Å². The third-order valence-corrected chi connectivity index (χ3v) is 1.50. The summed E-state index contributed by atoms with van der Waals surface area (Å²) in [7, 11) is 0. The molecule has 0 spiro atoms. The van der Waals surface area contributed by atoms with Crippen LogP contribution in [0.25, 0.3) is 0 Å². The molecule has 0 bridgehead atoms. The van der Waals surface area contributed by atoms with Crippen LogP contribution in [-0.4, -0.2) is 16.4 Å². The summed E-state index contributed by atoms with van der Waals surface area (Å²) in [6.45, 7) is 0. The number of phenolic OH excluding ortho intramolecular Hbond substituents is 1. The fraction of sp³-hybridized carbons (Fsp3) is 0.250. The Balaban J connectivity index is 2.96. The Kier molecular flexibility index (Phi) is 2.47. The highest BCUT2D eigenvalue weighted by Crippen LogP contribution is 2.33. The summed E-state index contributed by atoms with van der Waals surface area (Å²) < 4.78 is 35.8. The lowest BCUT2D eigenvalue weighted by atomic mass is 10.1. The summed E-state index contributed by atoms with van der Waals surface area (Å²) in [5, 5.41) is 17.6. The van der Waals surface area contributed by atoms with Gasteiger partial charge in [-0.05, 0) is 17.7 Å². The summed E-state index contributed by atoms with van der Waals surface area (Å²) in [6.07, 6.45) is -7.24. The molecule has 0 saturated heterocycles. The average molecular weight is 192 g/mol. The molecule has 1 aromatic rings. The van der Waals surface area contributed by atoms with Crippen molar-refractivity contribution in [2.24, 2.45) is 0 Å². The smallest absolute Gasteiger partial charge is 0.418 e. The molecule has 72 valence electrons. The molecule has 0 saturated carbocycles. The number of aliphatic hydroxyl groups is 1. The highest BCUT2D eigenvalue weighted by molar-refractivity contribution is 5.29. The summed E-state index contributed by atoms with van der Waals surface area (Å²) in [4.78, 5) is 0. The van der Waals surface area contributed by atoms with Gasteiger partial charge in [0.1, 0.15) is 5.75 Å². The number of benzene rings is 1. The van der Waals surface area contributed by atoms with E-state index < -0.39 is 12.3 Å². The maximum atomic E-state index is 11.9. The SMILES string of the molecule is Oc1cccc([C@H](O)C(F)(F)F)c1. The maximum Gasteiger partial charge on any atom is 0.418 e. The minimum Gasteiger partial charge on any atom is -0.508 e. The van der Waals surface area contributed by atoms with Crippen LogP contribution >= 0.6 is 0 Å². The van der Waals surface area contributed by atoms with E-state index in [1.54, 1.807) is 0 Å². The van der Waals surface area contributed by atoms with Crippen molar-refractivity contribution >= 4 is 0 Å². The van der Waals surface area contributed by atoms with Gasteiger partial charge in [0.2, 0.25) is 0 Å². The van der Waals surface area contributed by atoms with Crippen LogP contribution in [0.2, 0.25) is 0 Å². The van der Waals surface area contributed by atoms with E-state index in [4.69, 9.17) is 10.2 Å². The average Bonchev–Trinajstić information content (AvgIpc) is 2.01. The fourth-order valence-electron chi connectivity index (χ4n) is 0.884. The molecular weight excluding hydrogens is 185 g/mol. The molecule has 0 aliphatic rings. The van der Waals surface area contributed by atoms with Gasteiger partial charge in [0, 0.05) is 0 Å². The number of aliphatic hydroxyl groups excluding tert-OH is 1. The monoisotopic (exact) mass is 192 g/mol. The number of aromatic hydroxyl groups is 1. The Morgan fingerprint density at radius 1 is 1.23 bits per heavy atom. The van der Waals surface area contributed by atoms with Crippen LogP contribution in [0.3, 0.4) is 0 Å². The first-order chi connectivity index (χ1) is 5.91. The van der Waals surface area contributed by atoms with Crippen molar-refractivity contribution in [3.05, 3.63) is 29.8 Å². The Bertz CT molecular complexity index is 296. The molecule has 0 aromatic heterocycles. The van der Waals surface area contributed by atoms with Crippen molar-refractivity contribution in [2.45, 2.75) is 12.3 Å². The van der Waals surface area contributed by atoms with Crippen molar-refractivity contribution in [1.29, 1.82) is 0 Å². The van der Waals surface area contributed by atoms with Gasteiger partial charge in [0.25, 0.3) is 0 Å². The summed E-state index contributed by atoms with van der Waals surface area (Å²) in [5.74, 6) is -0.305. The first-order valence-electron chi connectivity index (χ1n) is 3.45. The van der Waals surface area contributed by atoms with E-state index >= 15 is 0 Å². The molecule has 0 fully saturated rings. The van der Waals surface area contributed by atoms with E-state index in [2.05, 4.69) is 0 Å². The summed E-state index contributed by atoms with van der Waals surface area (Å²) >= 11 is 0. The van der Waals surface area contributed by atoms with Gasteiger partial charge in [-0.25, -0.2) is 0 Å². The van der Waals surface area contributed by atoms with Gasteiger partial charge >= 0.3 is 6.18 Å². The zero-order valence-corrected chi connectivity index (χ0v) is 6.42. The molecular formula is C8H7F3O2. The largest absolute Gasteiger partial charge is 0.508 e. The second-order valence-corrected chi connectivity index (χ2v) is 2.54. The molecule has 5 heteroatoms. The van der Waals surface area contributed by atoms with E-state index in [9.17, 15) is 13.2 Å². The molecule has 1 atom stereocenters. The summed E-state index contributed by atoms with van der Waals surface area (Å²) in [5.41, 5.74) is -0.368. The van der Waals surface area contributed by atoms with E-state index in [-0.39, 0.29) is 11.3 Å². The predicted octanol–water partition coefficient (Wildman–Crippen LogP) is 1.99. The van der Waals surface area contributed by atoms with Gasteiger partial charge in [0.15, 0.2) is 6.10 Å². The van der Waals surface area contributed by atoms with Gasteiger partial charge < -0.3 is 10.2 Å². The summed E-state index contributed by atoms with van der Waals surface area (Å²) in [6, 6.07) is 4.43. The Morgan fingerprint density at radius 3 is 2.31 bits per heavy atom. The van der Waals surface area contributed by atoms with E-state index in [0.717, 1.165) is 12.1 Å². The quantitative estimate of drug-likeness (QED) is 0.714.